The highest BCUT2D eigenvalue weighted by Gasteiger charge is 2.22. The maximum atomic E-state index is 14.0. The fourth-order valence-corrected chi connectivity index (χ4v) is 3.49. The molecule has 0 radical (unpaired) electrons. The quantitative estimate of drug-likeness (QED) is 0.477. The zero-order chi connectivity index (χ0) is 19.6. The van der Waals surface area contributed by atoms with E-state index in [0.717, 1.165) is 0 Å². The number of aromatic nitrogens is 1. The molecule has 0 aliphatic rings. The van der Waals surface area contributed by atoms with Crippen LogP contribution in [0.4, 0.5) is 15.2 Å². The lowest BCUT2D eigenvalue weighted by molar-refractivity contribution is -0.384. The van der Waals surface area contributed by atoms with Gasteiger partial charge in [0, 0.05) is 30.8 Å². The van der Waals surface area contributed by atoms with Crippen molar-refractivity contribution in [1.82, 2.24) is 9.88 Å². The molecular weight excluding hydrogens is 371 g/mol. The van der Waals surface area contributed by atoms with E-state index in [9.17, 15) is 19.3 Å². The van der Waals surface area contributed by atoms with Gasteiger partial charge < -0.3 is 4.90 Å². The van der Waals surface area contributed by atoms with E-state index in [2.05, 4.69) is 4.98 Å². The second kappa shape index (κ2) is 7.77. The first kappa shape index (κ1) is 18.9. The molecule has 0 bridgehead atoms. The Morgan fingerprint density at radius 1 is 1.19 bits per heavy atom. The molecule has 1 amide bonds. The second-order valence-corrected chi connectivity index (χ2v) is 7.16. The summed E-state index contributed by atoms with van der Waals surface area (Å²) >= 11 is 1.23. The van der Waals surface area contributed by atoms with Gasteiger partial charge >= 0.3 is 0 Å². The van der Waals surface area contributed by atoms with E-state index < -0.39 is 10.7 Å². The number of para-hydroxylation sites is 1. The first-order valence-corrected chi connectivity index (χ1v) is 8.94. The normalized spacial score (nSPS) is 11.1. The largest absolute Gasteiger partial charge is 0.308 e. The molecule has 0 aliphatic carbocycles. The maximum absolute atomic E-state index is 14.0. The van der Waals surface area contributed by atoms with E-state index in [-0.39, 0.29) is 17.1 Å². The third kappa shape index (κ3) is 4.09. The number of nitro groups is 1. The number of carbonyl (C=O) groups is 1. The number of fused-ring (bicyclic) bond motifs is 1. The number of nitrogens with zero attached hydrogens (tertiary/aromatic N) is 4. The summed E-state index contributed by atoms with van der Waals surface area (Å²) in [7, 11) is 3.76. The van der Waals surface area contributed by atoms with Crippen LogP contribution in [0.3, 0.4) is 0 Å². The van der Waals surface area contributed by atoms with Gasteiger partial charge in [0.1, 0.15) is 11.3 Å². The molecule has 7 nitrogen and oxygen atoms in total. The molecule has 0 N–H and O–H groups in total. The molecule has 3 aromatic rings. The molecule has 0 spiro atoms. The van der Waals surface area contributed by atoms with Crippen LogP contribution in [-0.2, 0) is 0 Å². The Hall–Kier alpha value is -2.91. The minimum Gasteiger partial charge on any atom is -0.308 e. The number of thiazole rings is 1. The smallest absolute Gasteiger partial charge is 0.269 e. The highest BCUT2D eigenvalue weighted by atomic mass is 32.1. The molecule has 3 rings (SSSR count). The minimum atomic E-state index is -0.519. The van der Waals surface area contributed by atoms with Crippen molar-refractivity contribution in [2.24, 2.45) is 0 Å². The zero-order valence-corrected chi connectivity index (χ0v) is 15.6. The van der Waals surface area contributed by atoms with Gasteiger partial charge in [-0.15, -0.1) is 0 Å². The van der Waals surface area contributed by atoms with E-state index in [4.69, 9.17) is 0 Å². The van der Waals surface area contributed by atoms with Gasteiger partial charge in [0.15, 0.2) is 5.13 Å². The summed E-state index contributed by atoms with van der Waals surface area (Å²) in [4.78, 5) is 31.0. The van der Waals surface area contributed by atoms with E-state index in [1.165, 1.54) is 46.6 Å². The Bertz CT molecular complexity index is 988. The molecular formula is C18H17FN4O3S. The minimum absolute atomic E-state index is 0.0894. The third-order valence-corrected chi connectivity index (χ3v) is 4.97. The van der Waals surface area contributed by atoms with Crippen molar-refractivity contribution >= 4 is 38.3 Å². The Morgan fingerprint density at radius 3 is 2.48 bits per heavy atom. The number of hydrogen-bond acceptors (Lipinski definition) is 6. The Labute approximate surface area is 158 Å². The number of rotatable bonds is 6. The fraction of sp³-hybridized carbons (Fsp3) is 0.222. The molecule has 9 heteroatoms. The monoisotopic (exact) mass is 388 g/mol. The van der Waals surface area contributed by atoms with Crippen LogP contribution in [-0.4, -0.2) is 47.9 Å². The standard InChI is InChI=1S/C18H17FN4O3S/c1-21(2)10-11-22(17(24)12-6-8-13(9-7-12)23(25)26)18-20-16-14(19)4-3-5-15(16)27-18/h3-9H,10-11H2,1-2H3. The number of halogens is 1. The number of benzene rings is 2. The van der Waals surface area contributed by atoms with Gasteiger partial charge in [-0.3, -0.25) is 19.8 Å². The number of carbonyl (C=O) groups excluding carboxylic acids is 1. The molecule has 0 saturated heterocycles. The molecule has 140 valence electrons. The maximum Gasteiger partial charge on any atom is 0.269 e. The van der Waals surface area contributed by atoms with Crippen molar-refractivity contribution in [3.63, 3.8) is 0 Å². The molecule has 0 atom stereocenters. The second-order valence-electron chi connectivity index (χ2n) is 6.15. The van der Waals surface area contributed by atoms with Crippen LogP contribution in [0.25, 0.3) is 10.2 Å². The summed E-state index contributed by atoms with van der Waals surface area (Å²) in [5, 5.41) is 11.2. The molecule has 1 heterocycles. The van der Waals surface area contributed by atoms with Crippen LogP contribution >= 0.6 is 11.3 Å². The van der Waals surface area contributed by atoms with Crippen molar-refractivity contribution in [2.45, 2.75) is 0 Å². The summed E-state index contributed by atoms with van der Waals surface area (Å²) < 4.78 is 14.6. The van der Waals surface area contributed by atoms with Gasteiger partial charge in [-0.1, -0.05) is 17.4 Å². The van der Waals surface area contributed by atoms with Crippen LogP contribution in [0.5, 0.6) is 0 Å². The molecule has 0 unspecified atom stereocenters. The number of hydrogen-bond donors (Lipinski definition) is 0. The van der Waals surface area contributed by atoms with Crippen molar-refractivity contribution in [3.8, 4) is 0 Å². The topological polar surface area (TPSA) is 79.6 Å². The SMILES string of the molecule is CN(C)CCN(C(=O)c1ccc([N+](=O)[O-])cc1)c1nc2c(F)cccc2s1. The molecule has 0 aliphatic heterocycles. The Kier molecular flexibility index (Phi) is 5.43. The van der Waals surface area contributed by atoms with E-state index in [1.54, 1.807) is 12.1 Å². The number of nitro benzene ring substituents is 1. The van der Waals surface area contributed by atoms with Crippen LogP contribution in [0, 0.1) is 15.9 Å². The van der Waals surface area contributed by atoms with Crippen LogP contribution in [0.15, 0.2) is 42.5 Å². The van der Waals surface area contributed by atoms with Gasteiger partial charge in [0.25, 0.3) is 11.6 Å². The van der Waals surface area contributed by atoms with Crippen molar-refractivity contribution < 1.29 is 14.1 Å². The first-order valence-electron chi connectivity index (χ1n) is 8.13. The third-order valence-electron chi connectivity index (χ3n) is 3.93. The van der Waals surface area contributed by atoms with Gasteiger partial charge in [0.2, 0.25) is 0 Å². The van der Waals surface area contributed by atoms with Gasteiger partial charge in [-0.2, -0.15) is 0 Å². The summed E-state index contributed by atoms with van der Waals surface area (Å²) in [6.45, 7) is 0.932. The van der Waals surface area contributed by atoms with Crippen molar-refractivity contribution in [3.05, 3.63) is 64.0 Å². The molecule has 2 aromatic carbocycles. The lowest BCUT2D eigenvalue weighted by atomic mass is 10.2. The van der Waals surface area contributed by atoms with Crippen LogP contribution in [0.1, 0.15) is 10.4 Å². The van der Waals surface area contributed by atoms with Crippen LogP contribution in [0.2, 0.25) is 0 Å². The van der Waals surface area contributed by atoms with E-state index in [1.807, 2.05) is 19.0 Å². The summed E-state index contributed by atoms with van der Waals surface area (Å²) in [5.74, 6) is -0.781. The molecule has 0 fully saturated rings. The number of likely N-dealkylation sites (N-methyl/N-ethyl adjacent to an activating group) is 1. The summed E-state index contributed by atoms with van der Waals surface area (Å²) in [6.07, 6.45) is 0. The average Bonchev–Trinajstić information content (AvgIpc) is 3.07. The zero-order valence-electron chi connectivity index (χ0n) is 14.8. The Balaban J connectivity index is 1.97. The highest BCUT2D eigenvalue weighted by molar-refractivity contribution is 7.22. The average molecular weight is 388 g/mol. The predicted octanol–water partition coefficient (Wildman–Crippen LogP) is 3.55. The number of anilines is 1. The fourth-order valence-electron chi connectivity index (χ4n) is 2.48. The van der Waals surface area contributed by atoms with Gasteiger partial charge in [-0.25, -0.2) is 9.37 Å². The lowest BCUT2D eigenvalue weighted by Gasteiger charge is -2.22. The lowest BCUT2D eigenvalue weighted by Crippen LogP contribution is -2.36. The summed E-state index contributed by atoms with van der Waals surface area (Å²) in [5.41, 5.74) is 0.441. The van der Waals surface area contributed by atoms with E-state index >= 15 is 0 Å². The van der Waals surface area contributed by atoms with E-state index in [0.29, 0.717) is 28.5 Å². The highest BCUT2D eigenvalue weighted by Crippen LogP contribution is 2.31. The summed E-state index contributed by atoms with van der Waals surface area (Å²) in [6, 6.07) is 10.1. The number of amides is 1. The van der Waals surface area contributed by atoms with Crippen LogP contribution < -0.4 is 4.90 Å². The predicted molar refractivity (Wildman–Crippen MR) is 103 cm³/mol. The van der Waals surface area contributed by atoms with Crippen molar-refractivity contribution in [1.29, 1.82) is 0 Å². The first-order chi connectivity index (χ1) is 12.9. The molecule has 1 aromatic heterocycles. The Morgan fingerprint density at radius 2 is 1.89 bits per heavy atom. The molecule has 0 saturated carbocycles. The molecule has 27 heavy (non-hydrogen) atoms. The van der Waals surface area contributed by atoms with Gasteiger partial charge in [0.05, 0.1) is 9.62 Å². The number of non-ortho nitro benzene ring substituents is 1. The van der Waals surface area contributed by atoms with Crippen molar-refractivity contribution in [2.75, 3.05) is 32.1 Å². The van der Waals surface area contributed by atoms with Gasteiger partial charge in [-0.05, 0) is 38.4 Å².